The fraction of sp³-hybridized carbons (Fsp3) is 0.100. The molecule has 3 nitrogen and oxygen atoms in total. The zero-order valence-corrected chi connectivity index (χ0v) is 11.7. The van der Waals surface area contributed by atoms with Gasteiger partial charge in [0.25, 0.3) is 0 Å². The van der Waals surface area contributed by atoms with Crippen LogP contribution in [0.25, 0.3) is 10.1 Å². The molecule has 0 aliphatic heterocycles. The molecule has 0 saturated carbocycles. The third-order valence-corrected chi connectivity index (χ3v) is 3.69. The standard InChI is InChI=1S/C10H4IN3S2/c11-16-4-2-7-6-15-9-5-13-14-8(1-3-12)10(7)9/h5-6H,1H2. The maximum absolute atomic E-state index is 8.73. The molecule has 2 heterocycles. The molecule has 0 fully saturated rings. The van der Waals surface area contributed by atoms with Crippen molar-refractivity contribution in [3.8, 4) is 17.2 Å². The van der Waals surface area contributed by atoms with E-state index in [1.54, 1.807) is 17.5 Å². The van der Waals surface area contributed by atoms with Crippen LogP contribution in [0, 0.1) is 22.5 Å². The van der Waals surface area contributed by atoms with Crippen LogP contribution in [0.15, 0.2) is 11.6 Å². The minimum absolute atomic E-state index is 0.271. The molecule has 6 heteroatoms. The molecule has 0 N–H and O–H groups in total. The predicted octanol–water partition coefficient (Wildman–Crippen LogP) is 3.15. The van der Waals surface area contributed by atoms with Crippen LogP contribution in [-0.4, -0.2) is 10.2 Å². The van der Waals surface area contributed by atoms with Gasteiger partial charge in [0, 0.05) is 37.5 Å². The van der Waals surface area contributed by atoms with Crippen LogP contribution >= 0.6 is 41.5 Å². The molecule has 2 aromatic rings. The largest absolute Gasteiger partial charge is 0.198 e. The first-order chi connectivity index (χ1) is 7.86. The Balaban J connectivity index is 2.63. The van der Waals surface area contributed by atoms with Crippen molar-refractivity contribution in [2.45, 2.75) is 6.42 Å². The van der Waals surface area contributed by atoms with Crippen molar-refractivity contribution in [1.29, 1.82) is 5.26 Å². The van der Waals surface area contributed by atoms with Crippen molar-refractivity contribution < 1.29 is 0 Å². The molecule has 0 aliphatic carbocycles. The predicted molar refractivity (Wildman–Crippen MR) is 75.2 cm³/mol. The van der Waals surface area contributed by atoms with E-state index < -0.39 is 0 Å². The van der Waals surface area contributed by atoms with Gasteiger partial charge < -0.3 is 0 Å². The molecule has 0 spiro atoms. The number of hydrogen-bond acceptors (Lipinski definition) is 5. The van der Waals surface area contributed by atoms with Crippen molar-refractivity contribution in [2.75, 3.05) is 0 Å². The van der Waals surface area contributed by atoms with E-state index in [2.05, 4.69) is 48.6 Å². The van der Waals surface area contributed by atoms with E-state index in [-0.39, 0.29) is 6.42 Å². The molecule has 0 atom stereocenters. The minimum atomic E-state index is 0.271. The summed E-state index contributed by atoms with van der Waals surface area (Å²) in [7, 11) is 1.44. The molecule has 16 heavy (non-hydrogen) atoms. The van der Waals surface area contributed by atoms with Gasteiger partial charge in [-0.1, -0.05) is 5.92 Å². The van der Waals surface area contributed by atoms with Gasteiger partial charge in [-0.25, -0.2) is 0 Å². The van der Waals surface area contributed by atoms with Crippen LogP contribution in [0.5, 0.6) is 0 Å². The third kappa shape index (κ3) is 2.29. The lowest BCUT2D eigenvalue weighted by atomic mass is 10.1. The van der Waals surface area contributed by atoms with Crippen LogP contribution in [0.3, 0.4) is 0 Å². The van der Waals surface area contributed by atoms with Gasteiger partial charge in [0.15, 0.2) is 0 Å². The molecule has 0 aromatic carbocycles. The Morgan fingerprint density at radius 2 is 2.44 bits per heavy atom. The van der Waals surface area contributed by atoms with E-state index in [0.29, 0.717) is 5.69 Å². The Labute approximate surface area is 113 Å². The van der Waals surface area contributed by atoms with E-state index in [1.165, 1.54) is 8.93 Å². The van der Waals surface area contributed by atoms with Gasteiger partial charge in [-0.05, 0) is 14.2 Å². The highest BCUT2D eigenvalue weighted by Crippen LogP contribution is 2.27. The molecule has 0 saturated heterocycles. The van der Waals surface area contributed by atoms with Crippen LogP contribution < -0.4 is 0 Å². The average Bonchev–Trinajstić information content (AvgIpc) is 2.71. The van der Waals surface area contributed by atoms with E-state index in [4.69, 9.17) is 5.26 Å². The maximum Gasteiger partial charge on any atom is 0.0870 e. The summed E-state index contributed by atoms with van der Waals surface area (Å²) in [5.74, 6) is 3.05. The van der Waals surface area contributed by atoms with Gasteiger partial charge >= 0.3 is 0 Å². The molecule has 78 valence electrons. The summed E-state index contributed by atoms with van der Waals surface area (Å²) >= 11 is 3.71. The highest BCUT2D eigenvalue weighted by atomic mass is 127. The molecule has 0 unspecified atom stereocenters. The smallest absolute Gasteiger partial charge is 0.0870 e. The summed E-state index contributed by atoms with van der Waals surface area (Å²) in [5.41, 5.74) is 1.65. The Morgan fingerprint density at radius 3 is 3.19 bits per heavy atom. The number of nitrogens with zero attached hydrogens (tertiary/aromatic N) is 3. The van der Waals surface area contributed by atoms with E-state index in [1.807, 2.05) is 5.38 Å². The number of aromatic nitrogens is 2. The normalized spacial score (nSPS) is 9.50. The van der Waals surface area contributed by atoms with Crippen LogP contribution in [-0.2, 0) is 6.42 Å². The van der Waals surface area contributed by atoms with Crippen molar-refractivity contribution >= 4 is 51.6 Å². The summed E-state index contributed by atoms with van der Waals surface area (Å²) in [6.45, 7) is 0. The molecular formula is C10H4IN3S2. The number of hydrogen-bond donors (Lipinski definition) is 0. The molecular weight excluding hydrogens is 353 g/mol. The number of thiophene rings is 1. The fourth-order valence-corrected chi connectivity index (χ4v) is 2.69. The highest BCUT2D eigenvalue weighted by Gasteiger charge is 2.09. The van der Waals surface area contributed by atoms with Crippen LogP contribution in [0.1, 0.15) is 11.3 Å². The van der Waals surface area contributed by atoms with Crippen LogP contribution in [0.4, 0.5) is 0 Å². The number of nitriles is 1. The van der Waals surface area contributed by atoms with Gasteiger partial charge in [-0.3, -0.25) is 0 Å². The van der Waals surface area contributed by atoms with Gasteiger partial charge in [-0.15, -0.1) is 11.3 Å². The lowest BCUT2D eigenvalue weighted by Crippen LogP contribution is -1.92. The zero-order chi connectivity index (χ0) is 11.4. The number of fused-ring (bicyclic) bond motifs is 1. The lowest BCUT2D eigenvalue weighted by molar-refractivity contribution is 0.975. The third-order valence-electron chi connectivity index (χ3n) is 1.93. The Hall–Kier alpha value is -0.830. The first kappa shape index (κ1) is 11.6. The first-order valence-electron chi connectivity index (χ1n) is 4.24. The maximum atomic E-state index is 8.73. The summed E-state index contributed by atoms with van der Waals surface area (Å²) in [4.78, 5) is 0. The van der Waals surface area contributed by atoms with E-state index in [9.17, 15) is 0 Å². The SMILES string of the molecule is N#CCc1nncc2scc(C#CSI)c12. The van der Waals surface area contributed by atoms with Crippen molar-refractivity contribution in [3.63, 3.8) is 0 Å². The summed E-state index contributed by atoms with van der Waals surface area (Å²) in [5, 5.41) is 22.5. The topological polar surface area (TPSA) is 49.6 Å². The molecule has 0 radical (unpaired) electrons. The number of rotatable bonds is 1. The number of halogens is 1. The van der Waals surface area contributed by atoms with Crippen molar-refractivity contribution in [2.24, 2.45) is 0 Å². The summed E-state index contributed by atoms with van der Waals surface area (Å²) in [6, 6.07) is 2.10. The Morgan fingerprint density at radius 1 is 1.56 bits per heavy atom. The van der Waals surface area contributed by atoms with E-state index in [0.717, 1.165) is 15.6 Å². The molecule has 0 amide bonds. The fourth-order valence-electron chi connectivity index (χ4n) is 1.33. The quantitative estimate of drug-likeness (QED) is 0.581. The van der Waals surface area contributed by atoms with Gasteiger partial charge in [0.05, 0.1) is 29.1 Å². The van der Waals surface area contributed by atoms with Gasteiger partial charge in [0.1, 0.15) is 0 Å². The van der Waals surface area contributed by atoms with Crippen molar-refractivity contribution in [3.05, 3.63) is 22.8 Å². The second-order valence-electron chi connectivity index (χ2n) is 2.82. The van der Waals surface area contributed by atoms with Crippen LogP contribution in [0.2, 0.25) is 0 Å². The van der Waals surface area contributed by atoms with E-state index >= 15 is 0 Å². The molecule has 2 rings (SSSR count). The second-order valence-corrected chi connectivity index (χ2v) is 5.41. The Bertz CT molecular complexity index is 618. The molecule has 0 bridgehead atoms. The summed E-state index contributed by atoms with van der Waals surface area (Å²) < 4.78 is 1.03. The zero-order valence-electron chi connectivity index (χ0n) is 7.90. The lowest BCUT2D eigenvalue weighted by Gasteiger charge is -1.95. The monoisotopic (exact) mass is 357 g/mol. The summed E-state index contributed by atoms with van der Waals surface area (Å²) in [6.07, 6.45) is 1.98. The minimum Gasteiger partial charge on any atom is -0.198 e. The van der Waals surface area contributed by atoms with Gasteiger partial charge in [-0.2, -0.15) is 15.5 Å². The van der Waals surface area contributed by atoms with Crippen molar-refractivity contribution in [1.82, 2.24) is 10.2 Å². The highest BCUT2D eigenvalue weighted by molar-refractivity contribution is 14.2. The molecule has 0 aliphatic rings. The molecule has 2 aromatic heterocycles. The average molecular weight is 357 g/mol. The van der Waals surface area contributed by atoms with Gasteiger partial charge in [0.2, 0.25) is 0 Å². The second kappa shape index (κ2) is 5.48. The first-order valence-corrected chi connectivity index (χ1v) is 8.48. The Kier molecular flexibility index (Phi) is 3.99.